The maximum absolute atomic E-state index is 14.5. The van der Waals surface area contributed by atoms with Crippen LogP contribution in [0.2, 0.25) is 0 Å². The zero-order valence-corrected chi connectivity index (χ0v) is 24.4. The fourth-order valence-corrected chi connectivity index (χ4v) is 9.62. The van der Waals surface area contributed by atoms with Crippen molar-refractivity contribution in [2.24, 2.45) is 17.3 Å². The lowest BCUT2D eigenvalue weighted by molar-refractivity contribution is -0.147. The van der Waals surface area contributed by atoms with E-state index in [2.05, 4.69) is 72.8 Å². The second-order valence-electron chi connectivity index (χ2n) is 13.2. The van der Waals surface area contributed by atoms with E-state index in [-0.39, 0.29) is 29.7 Å². The van der Waals surface area contributed by atoms with Crippen molar-refractivity contribution >= 4 is 29.5 Å². The molecule has 4 aliphatic rings. The van der Waals surface area contributed by atoms with Gasteiger partial charge in [-0.25, -0.2) is 0 Å². The molecule has 3 amide bonds. The summed E-state index contributed by atoms with van der Waals surface area (Å²) in [4.78, 5) is 48.3. The van der Waals surface area contributed by atoms with Gasteiger partial charge in [-0.3, -0.25) is 14.4 Å². The highest BCUT2D eigenvalue weighted by Gasteiger charge is 2.74. The Kier molecular flexibility index (Phi) is 7.43. The van der Waals surface area contributed by atoms with E-state index in [9.17, 15) is 19.5 Å². The number of aliphatic hydroxyl groups is 1. The Morgan fingerprint density at radius 1 is 0.973 bits per heavy atom. The van der Waals surface area contributed by atoms with Crippen LogP contribution >= 0.6 is 11.8 Å². The molecule has 4 aliphatic heterocycles. The van der Waals surface area contributed by atoms with Crippen LogP contribution in [0.3, 0.4) is 0 Å². The molecule has 1 unspecified atom stereocenters. The van der Waals surface area contributed by atoms with Crippen LogP contribution in [0.25, 0.3) is 0 Å². The molecule has 8 heteroatoms. The van der Waals surface area contributed by atoms with Gasteiger partial charge >= 0.3 is 0 Å². The molecule has 1 N–H and O–H groups in total. The number of carbonyl (C=O) groups is 3. The van der Waals surface area contributed by atoms with Crippen molar-refractivity contribution in [3.8, 4) is 0 Å². The van der Waals surface area contributed by atoms with Crippen molar-refractivity contribution in [3.05, 3.63) is 24.3 Å². The van der Waals surface area contributed by atoms with Gasteiger partial charge in [0.25, 0.3) is 0 Å². The first kappa shape index (κ1) is 28.2. The first-order chi connectivity index (χ1) is 17.2. The number of rotatable bonds is 7. The highest BCUT2D eigenvalue weighted by atomic mass is 32.2. The van der Waals surface area contributed by atoms with E-state index in [0.29, 0.717) is 32.6 Å². The Morgan fingerprint density at radius 2 is 1.65 bits per heavy atom. The molecule has 7 nitrogen and oxygen atoms in total. The van der Waals surface area contributed by atoms with Gasteiger partial charge in [-0.15, -0.1) is 11.8 Å². The van der Waals surface area contributed by atoms with Crippen LogP contribution in [0.15, 0.2) is 24.3 Å². The lowest BCUT2D eigenvalue weighted by Gasteiger charge is -2.44. The van der Waals surface area contributed by atoms with Gasteiger partial charge in [0, 0.05) is 43.1 Å². The van der Waals surface area contributed by atoms with Crippen LogP contribution in [0.4, 0.5) is 0 Å². The number of thioether (sulfide) groups is 1. The normalized spacial score (nSPS) is 34.0. The summed E-state index contributed by atoms with van der Waals surface area (Å²) in [7, 11) is 0. The van der Waals surface area contributed by atoms with Crippen LogP contribution in [-0.4, -0.2) is 91.4 Å². The molecular weight excluding hydrogens is 486 g/mol. The van der Waals surface area contributed by atoms with Gasteiger partial charge in [0.05, 0.1) is 16.6 Å². The van der Waals surface area contributed by atoms with E-state index in [4.69, 9.17) is 0 Å². The molecule has 4 heterocycles. The van der Waals surface area contributed by atoms with Gasteiger partial charge in [0.15, 0.2) is 0 Å². The maximum atomic E-state index is 14.5. The lowest BCUT2D eigenvalue weighted by atomic mass is 9.74. The van der Waals surface area contributed by atoms with E-state index < -0.39 is 32.9 Å². The Labute approximate surface area is 226 Å². The highest BCUT2D eigenvalue weighted by Crippen LogP contribution is 2.65. The zero-order chi connectivity index (χ0) is 27.4. The Hall–Kier alpha value is -1.80. The molecule has 0 bridgehead atoms. The topological polar surface area (TPSA) is 81.2 Å². The molecular formula is C29H45N3O4S. The molecule has 1 spiro atoms. The summed E-state index contributed by atoms with van der Waals surface area (Å²) in [6.07, 6.45) is 10.4. The van der Waals surface area contributed by atoms with E-state index in [1.165, 1.54) is 0 Å². The van der Waals surface area contributed by atoms with Gasteiger partial charge in [0.1, 0.15) is 6.04 Å². The number of hydrogen-bond acceptors (Lipinski definition) is 5. The lowest BCUT2D eigenvalue weighted by Crippen LogP contribution is -2.58. The molecule has 2 saturated heterocycles. The summed E-state index contributed by atoms with van der Waals surface area (Å²) in [6.45, 7) is 16.8. The number of carbonyl (C=O) groups excluding carboxylic acids is 3. The summed E-state index contributed by atoms with van der Waals surface area (Å²) >= 11 is 1.63. The van der Waals surface area contributed by atoms with Gasteiger partial charge in [-0.1, -0.05) is 52.0 Å². The molecule has 0 aromatic heterocycles. The second kappa shape index (κ2) is 9.74. The predicted molar refractivity (Wildman–Crippen MR) is 148 cm³/mol. The molecule has 5 atom stereocenters. The molecule has 0 aromatic rings. The summed E-state index contributed by atoms with van der Waals surface area (Å²) in [6, 6.07) is -0.705. The zero-order valence-electron chi connectivity index (χ0n) is 23.6. The van der Waals surface area contributed by atoms with Gasteiger partial charge in [-0.05, 0) is 45.4 Å². The molecule has 0 aliphatic carbocycles. The van der Waals surface area contributed by atoms with Crippen molar-refractivity contribution in [2.45, 2.75) is 88.8 Å². The van der Waals surface area contributed by atoms with Crippen molar-refractivity contribution < 1.29 is 19.5 Å². The summed E-state index contributed by atoms with van der Waals surface area (Å²) in [5, 5.41) is 9.62. The third-order valence-electron chi connectivity index (χ3n) is 8.38. The molecule has 0 radical (unpaired) electrons. The number of aliphatic hydroxyl groups excluding tert-OH is 1. The molecule has 37 heavy (non-hydrogen) atoms. The van der Waals surface area contributed by atoms with Crippen LogP contribution in [0, 0.1) is 17.3 Å². The largest absolute Gasteiger partial charge is 0.396 e. The number of amides is 3. The van der Waals surface area contributed by atoms with Crippen molar-refractivity contribution in [1.82, 2.24) is 14.7 Å². The monoisotopic (exact) mass is 531 g/mol. The Bertz CT molecular complexity index is 1000. The van der Waals surface area contributed by atoms with E-state index >= 15 is 0 Å². The summed E-state index contributed by atoms with van der Waals surface area (Å²) in [5.74, 6) is -1.33. The predicted octanol–water partition coefficient (Wildman–Crippen LogP) is 3.48. The Morgan fingerprint density at radius 3 is 2.27 bits per heavy atom. The number of hydrogen-bond donors (Lipinski definition) is 1. The third-order valence-corrected chi connectivity index (χ3v) is 10.2. The van der Waals surface area contributed by atoms with Crippen LogP contribution < -0.4 is 0 Å². The summed E-state index contributed by atoms with van der Waals surface area (Å²) in [5.41, 5.74) is -0.398. The molecule has 206 valence electrons. The fourth-order valence-electron chi connectivity index (χ4n) is 7.46. The van der Waals surface area contributed by atoms with Gasteiger partial charge < -0.3 is 19.8 Å². The van der Waals surface area contributed by atoms with E-state index in [0.717, 1.165) is 12.8 Å². The van der Waals surface area contributed by atoms with Crippen molar-refractivity contribution in [1.29, 1.82) is 0 Å². The first-order valence-electron chi connectivity index (χ1n) is 13.8. The van der Waals surface area contributed by atoms with Crippen LogP contribution in [-0.2, 0) is 14.4 Å². The second-order valence-corrected chi connectivity index (χ2v) is 15.0. The minimum Gasteiger partial charge on any atom is -0.396 e. The molecule has 4 rings (SSSR count). The minimum absolute atomic E-state index is 0.00912. The van der Waals surface area contributed by atoms with Crippen LogP contribution in [0.5, 0.6) is 0 Å². The van der Waals surface area contributed by atoms with E-state index in [1.807, 2.05) is 9.80 Å². The standard InChI is InChI=1S/C29H45N3O4S/c1-8-14-30-15-9-12-28(7)20(23(30)34)21-24(35)31(16-11-18-33)22-25(36)32(17-10-13-29(21,22)37-28)27(5,6)19-26(2,3)4/h9-10,12-13,20-22,33H,8,11,14-19H2,1-7H3/t20-,21+,22?,28+,29+/m1/s1. The minimum atomic E-state index is -0.829. The fraction of sp³-hybridized carbons (Fsp3) is 0.759. The van der Waals surface area contributed by atoms with Crippen molar-refractivity contribution in [2.75, 3.05) is 32.8 Å². The van der Waals surface area contributed by atoms with Gasteiger partial charge in [0.2, 0.25) is 17.7 Å². The Balaban J connectivity index is 1.83. The summed E-state index contributed by atoms with van der Waals surface area (Å²) < 4.78 is -1.41. The molecule has 2 fully saturated rings. The quantitative estimate of drug-likeness (QED) is 0.509. The maximum Gasteiger partial charge on any atom is 0.247 e. The average Bonchev–Trinajstić information content (AvgIpc) is 3.03. The molecule has 0 aromatic carbocycles. The average molecular weight is 532 g/mol. The SMILES string of the molecule is CCCN1CC=C[C@]2(C)S[C@]34C=CCN(C(C)(C)CC(C)(C)C)C(=O)C3N(CCCO)C(=O)[C@@H]4[C@@H]2C1=O. The number of fused-ring (bicyclic) bond motifs is 2. The first-order valence-corrected chi connectivity index (χ1v) is 14.6. The van der Waals surface area contributed by atoms with E-state index in [1.54, 1.807) is 16.7 Å². The highest BCUT2D eigenvalue weighted by molar-refractivity contribution is 8.02. The molecule has 0 saturated carbocycles. The van der Waals surface area contributed by atoms with Gasteiger partial charge in [-0.2, -0.15) is 0 Å². The number of nitrogens with zero attached hydrogens (tertiary/aromatic N) is 3. The smallest absolute Gasteiger partial charge is 0.247 e. The van der Waals surface area contributed by atoms with Crippen molar-refractivity contribution in [3.63, 3.8) is 0 Å². The third kappa shape index (κ3) is 4.66. The van der Waals surface area contributed by atoms with Crippen LogP contribution in [0.1, 0.15) is 67.7 Å². The number of likely N-dealkylation sites (tertiary alicyclic amines) is 1.